The number of hydrogen-bond acceptors (Lipinski definition) is 4. The average Bonchev–Trinajstić information content (AvgIpc) is 3.17. The lowest BCUT2D eigenvalue weighted by molar-refractivity contribution is -0.144. The highest BCUT2D eigenvalue weighted by atomic mass is 16.5. The fourth-order valence-electron chi connectivity index (χ4n) is 3.99. The van der Waals surface area contributed by atoms with E-state index in [9.17, 15) is 9.59 Å². The Bertz CT molecular complexity index is 640. The molecule has 0 radical (unpaired) electrons. The molecule has 0 unspecified atom stereocenters. The molecule has 1 fully saturated rings. The third-order valence-corrected chi connectivity index (χ3v) is 5.84. The Labute approximate surface area is 181 Å². The zero-order valence-corrected chi connectivity index (χ0v) is 19.0. The number of hydrogen-bond donors (Lipinski definition) is 0. The molecule has 1 aliphatic carbocycles. The molecule has 0 atom stereocenters. The van der Waals surface area contributed by atoms with Crippen molar-refractivity contribution in [2.45, 2.75) is 52.0 Å². The minimum atomic E-state index is -0.0335. The Balaban J connectivity index is 2.05. The van der Waals surface area contributed by atoms with Crippen LogP contribution >= 0.6 is 0 Å². The van der Waals surface area contributed by atoms with Gasteiger partial charge in [-0.2, -0.15) is 0 Å². The molecule has 0 saturated heterocycles. The van der Waals surface area contributed by atoms with E-state index in [1.165, 1.54) is 6.42 Å². The Morgan fingerprint density at radius 1 is 1.13 bits per heavy atom. The molecule has 1 aromatic heterocycles. The van der Waals surface area contributed by atoms with Crippen molar-refractivity contribution in [3.8, 4) is 0 Å². The minimum absolute atomic E-state index is 0.0335. The van der Waals surface area contributed by atoms with Crippen LogP contribution in [-0.4, -0.2) is 72.7 Å². The summed E-state index contributed by atoms with van der Waals surface area (Å²) in [5.41, 5.74) is 1.06. The van der Waals surface area contributed by atoms with Gasteiger partial charge in [-0.05, 0) is 38.3 Å². The molecule has 0 bridgehead atoms. The predicted octanol–water partition coefficient (Wildman–Crippen LogP) is 2.84. The largest absolute Gasteiger partial charge is 0.383 e. The molecule has 0 spiro atoms. The van der Waals surface area contributed by atoms with Crippen LogP contribution in [-0.2, 0) is 32.7 Å². The standard InChI is InChI=1S/C23H39N3O4/c1-4-30-16-9-14-26(23(28)20-10-6-5-7-11-20)19-22(27)25(15-17-29-3)18-21-12-8-13-24(21)2/h8,12-13,20H,4-7,9-11,14-19H2,1-3H3. The number of nitrogens with zero attached hydrogens (tertiary/aromatic N) is 3. The van der Waals surface area contributed by atoms with Gasteiger partial charge in [0, 0.05) is 58.3 Å². The van der Waals surface area contributed by atoms with E-state index in [1.54, 1.807) is 16.9 Å². The maximum Gasteiger partial charge on any atom is 0.242 e. The predicted molar refractivity (Wildman–Crippen MR) is 117 cm³/mol. The van der Waals surface area contributed by atoms with E-state index < -0.39 is 0 Å². The van der Waals surface area contributed by atoms with Crippen LogP contribution in [0.2, 0.25) is 0 Å². The first-order valence-electron chi connectivity index (χ1n) is 11.3. The fourth-order valence-corrected chi connectivity index (χ4v) is 3.99. The van der Waals surface area contributed by atoms with E-state index >= 15 is 0 Å². The maximum atomic E-state index is 13.2. The molecule has 1 saturated carbocycles. The lowest BCUT2D eigenvalue weighted by Crippen LogP contribution is -2.46. The molecule has 30 heavy (non-hydrogen) atoms. The van der Waals surface area contributed by atoms with Crippen molar-refractivity contribution in [3.63, 3.8) is 0 Å². The molecule has 0 N–H and O–H groups in total. The number of amides is 2. The quantitative estimate of drug-likeness (QED) is 0.460. The average molecular weight is 422 g/mol. The molecule has 2 rings (SSSR count). The molecule has 170 valence electrons. The van der Waals surface area contributed by atoms with Gasteiger partial charge in [-0.3, -0.25) is 9.59 Å². The first-order chi connectivity index (χ1) is 14.6. The molecule has 7 nitrogen and oxygen atoms in total. The van der Waals surface area contributed by atoms with Crippen molar-refractivity contribution in [3.05, 3.63) is 24.0 Å². The van der Waals surface area contributed by atoms with Crippen LogP contribution in [0.5, 0.6) is 0 Å². The Morgan fingerprint density at radius 2 is 1.90 bits per heavy atom. The summed E-state index contributed by atoms with van der Waals surface area (Å²) in [6.07, 6.45) is 8.00. The molecule has 1 aromatic rings. The van der Waals surface area contributed by atoms with Gasteiger partial charge in [0.1, 0.15) is 0 Å². The Kier molecular flexibility index (Phi) is 10.9. The normalized spacial score (nSPS) is 14.6. The SMILES string of the molecule is CCOCCCN(CC(=O)N(CCOC)Cc1cccn1C)C(=O)C1CCCCC1. The lowest BCUT2D eigenvalue weighted by Gasteiger charge is -2.31. The van der Waals surface area contributed by atoms with Crippen molar-refractivity contribution in [2.75, 3.05) is 46.6 Å². The third kappa shape index (κ3) is 7.76. The summed E-state index contributed by atoms with van der Waals surface area (Å²) in [5.74, 6) is 0.151. The third-order valence-electron chi connectivity index (χ3n) is 5.84. The van der Waals surface area contributed by atoms with Gasteiger partial charge in [0.2, 0.25) is 11.8 Å². The van der Waals surface area contributed by atoms with Gasteiger partial charge in [-0.25, -0.2) is 0 Å². The van der Waals surface area contributed by atoms with E-state index in [2.05, 4.69) is 0 Å². The van der Waals surface area contributed by atoms with Gasteiger partial charge in [0.25, 0.3) is 0 Å². The smallest absolute Gasteiger partial charge is 0.242 e. The second-order valence-electron chi connectivity index (χ2n) is 8.06. The number of aryl methyl sites for hydroxylation is 1. The summed E-state index contributed by atoms with van der Waals surface area (Å²) in [5, 5.41) is 0. The summed E-state index contributed by atoms with van der Waals surface area (Å²) in [7, 11) is 3.61. The first-order valence-corrected chi connectivity index (χ1v) is 11.3. The summed E-state index contributed by atoms with van der Waals surface area (Å²) in [6.45, 7) is 5.40. The summed E-state index contributed by atoms with van der Waals surface area (Å²) in [6, 6.07) is 3.99. The van der Waals surface area contributed by atoms with Crippen molar-refractivity contribution >= 4 is 11.8 Å². The van der Waals surface area contributed by atoms with Gasteiger partial charge in [0.05, 0.1) is 19.7 Å². The first kappa shape index (κ1) is 24.4. The molecular weight excluding hydrogens is 382 g/mol. The van der Waals surface area contributed by atoms with Crippen LogP contribution in [0.3, 0.4) is 0 Å². The van der Waals surface area contributed by atoms with Gasteiger partial charge >= 0.3 is 0 Å². The number of rotatable bonds is 13. The van der Waals surface area contributed by atoms with Crippen molar-refractivity contribution in [2.24, 2.45) is 13.0 Å². The van der Waals surface area contributed by atoms with Crippen LogP contribution in [0.25, 0.3) is 0 Å². The Morgan fingerprint density at radius 3 is 2.53 bits per heavy atom. The maximum absolute atomic E-state index is 13.2. The van der Waals surface area contributed by atoms with Crippen LogP contribution in [0, 0.1) is 5.92 Å². The fraction of sp³-hybridized carbons (Fsp3) is 0.739. The number of carbonyl (C=O) groups is 2. The van der Waals surface area contributed by atoms with E-state index in [-0.39, 0.29) is 24.3 Å². The summed E-state index contributed by atoms with van der Waals surface area (Å²) < 4.78 is 12.7. The molecule has 1 heterocycles. The van der Waals surface area contributed by atoms with Crippen molar-refractivity contribution in [1.82, 2.24) is 14.4 Å². The van der Waals surface area contributed by atoms with Crippen LogP contribution in [0.1, 0.15) is 51.1 Å². The Hall–Kier alpha value is -1.86. The molecule has 7 heteroatoms. The zero-order chi connectivity index (χ0) is 21.8. The van der Waals surface area contributed by atoms with Gasteiger partial charge in [-0.1, -0.05) is 19.3 Å². The molecule has 0 aliphatic heterocycles. The molecule has 0 aromatic carbocycles. The monoisotopic (exact) mass is 421 g/mol. The van der Waals surface area contributed by atoms with E-state index in [4.69, 9.17) is 9.47 Å². The van der Waals surface area contributed by atoms with Crippen LogP contribution in [0.15, 0.2) is 18.3 Å². The van der Waals surface area contributed by atoms with Gasteiger partial charge < -0.3 is 23.8 Å². The summed E-state index contributed by atoms with van der Waals surface area (Å²) >= 11 is 0. The minimum Gasteiger partial charge on any atom is -0.383 e. The second kappa shape index (κ2) is 13.4. The van der Waals surface area contributed by atoms with Gasteiger partial charge in [-0.15, -0.1) is 0 Å². The highest BCUT2D eigenvalue weighted by Crippen LogP contribution is 2.25. The van der Waals surface area contributed by atoms with Crippen LogP contribution in [0.4, 0.5) is 0 Å². The number of ether oxygens (including phenoxy) is 2. The topological polar surface area (TPSA) is 64.0 Å². The zero-order valence-electron chi connectivity index (χ0n) is 19.0. The molecule has 1 aliphatic rings. The second-order valence-corrected chi connectivity index (χ2v) is 8.06. The lowest BCUT2D eigenvalue weighted by atomic mass is 9.88. The van der Waals surface area contributed by atoms with Gasteiger partial charge in [0.15, 0.2) is 0 Å². The molecule has 2 amide bonds. The number of aromatic nitrogens is 1. The van der Waals surface area contributed by atoms with Crippen molar-refractivity contribution < 1.29 is 19.1 Å². The summed E-state index contributed by atoms with van der Waals surface area (Å²) in [4.78, 5) is 30.0. The number of carbonyl (C=O) groups excluding carboxylic acids is 2. The van der Waals surface area contributed by atoms with Crippen LogP contribution < -0.4 is 0 Å². The molecular formula is C23H39N3O4. The van der Waals surface area contributed by atoms with E-state index in [1.807, 2.05) is 36.9 Å². The van der Waals surface area contributed by atoms with E-state index in [0.717, 1.165) is 37.8 Å². The number of methoxy groups -OCH3 is 1. The highest BCUT2D eigenvalue weighted by molar-refractivity contribution is 5.86. The highest BCUT2D eigenvalue weighted by Gasteiger charge is 2.28. The van der Waals surface area contributed by atoms with Crippen molar-refractivity contribution in [1.29, 1.82) is 0 Å². The van der Waals surface area contributed by atoms with E-state index in [0.29, 0.717) is 39.5 Å².